The normalized spacial score (nSPS) is 13.0. The summed E-state index contributed by atoms with van der Waals surface area (Å²) in [7, 11) is -3.79. The number of rotatable bonds is 6. The maximum Gasteiger partial charge on any atom is 0.247 e. The summed E-state index contributed by atoms with van der Waals surface area (Å²) < 4.78 is 26.7. The zero-order valence-electron chi connectivity index (χ0n) is 11.2. The van der Waals surface area contributed by atoms with Gasteiger partial charge in [-0.3, -0.25) is 4.79 Å². The summed E-state index contributed by atoms with van der Waals surface area (Å²) in [6.45, 7) is -0.322. The molecule has 7 heteroatoms. The zero-order chi connectivity index (χ0) is 15.3. The van der Waals surface area contributed by atoms with Gasteiger partial charge in [0.25, 0.3) is 0 Å². The number of hydrogen-bond acceptors (Lipinski definition) is 4. The number of aliphatic hydroxyl groups excluding tert-OH is 1. The van der Waals surface area contributed by atoms with Crippen LogP contribution in [-0.2, 0) is 16.4 Å². The molecule has 1 aromatic carbocycles. The van der Waals surface area contributed by atoms with Crippen molar-refractivity contribution >= 4 is 10.0 Å². The number of aliphatic hydroxyl groups is 1. The Balaban J connectivity index is 2.13. The number of pyridine rings is 1. The molecule has 0 radical (unpaired) electrons. The van der Waals surface area contributed by atoms with Crippen LogP contribution in [0.2, 0.25) is 0 Å². The Hall–Kier alpha value is -1.96. The van der Waals surface area contributed by atoms with E-state index < -0.39 is 16.1 Å². The second kappa shape index (κ2) is 6.66. The summed E-state index contributed by atoms with van der Waals surface area (Å²) in [6, 6.07) is 11.0. The fourth-order valence-corrected chi connectivity index (χ4v) is 3.09. The standard InChI is InChI=1S/C14H16N2O4S/c17-10-12(8-11-4-2-1-3-5-11)16-21(19,20)13-6-7-14(18)15-9-13/h1-7,9,12,16-17H,8,10H2,(H,15,18)/t12-/m1/s1. The Bertz CT molecular complexity index is 721. The molecule has 0 amide bonds. The lowest BCUT2D eigenvalue weighted by Crippen LogP contribution is -2.39. The summed E-state index contributed by atoms with van der Waals surface area (Å²) >= 11 is 0. The first-order valence-corrected chi connectivity index (χ1v) is 7.85. The van der Waals surface area contributed by atoms with Crippen LogP contribution < -0.4 is 10.3 Å². The van der Waals surface area contributed by atoms with Gasteiger partial charge in [0.1, 0.15) is 0 Å². The summed E-state index contributed by atoms with van der Waals surface area (Å²) in [6.07, 6.45) is 1.50. The molecule has 0 saturated carbocycles. The Morgan fingerprint density at radius 3 is 2.43 bits per heavy atom. The van der Waals surface area contributed by atoms with E-state index in [2.05, 4.69) is 9.71 Å². The highest BCUT2D eigenvalue weighted by atomic mass is 32.2. The van der Waals surface area contributed by atoms with Gasteiger partial charge in [0, 0.05) is 18.3 Å². The van der Waals surface area contributed by atoms with Gasteiger partial charge in [-0.05, 0) is 18.1 Å². The van der Waals surface area contributed by atoms with Crippen LogP contribution in [0.25, 0.3) is 0 Å². The Kier molecular flexibility index (Phi) is 4.89. The zero-order valence-corrected chi connectivity index (χ0v) is 12.0. The Morgan fingerprint density at radius 2 is 1.86 bits per heavy atom. The third kappa shape index (κ3) is 4.25. The number of H-pyrrole nitrogens is 1. The van der Waals surface area contributed by atoms with E-state index in [1.807, 2.05) is 30.3 Å². The summed E-state index contributed by atoms with van der Waals surface area (Å²) in [4.78, 5) is 13.2. The minimum Gasteiger partial charge on any atom is -0.395 e. The Labute approximate surface area is 122 Å². The topological polar surface area (TPSA) is 99.3 Å². The maximum atomic E-state index is 12.2. The van der Waals surface area contributed by atoms with Gasteiger partial charge in [-0.2, -0.15) is 0 Å². The molecule has 1 aromatic heterocycles. The fourth-order valence-electron chi connectivity index (χ4n) is 1.89. The quantitative estimate of drug-likeness (QED) is 0.712. The summed E-state index contributed by atoms with van der Waals surface area (Å²) in [5.74, 6) is 0. The van der Waals surface area contributed by atoms with E-state index in [0.29, 0.717) is 6.42 Å². The van der Waals surface area contributed by atoms with Gasteiger partial charge in [-0.25, -0.2) is 13.1 Å². The van der Waals surface area contributed by atoms with E-state index in [1.165, 1.54) is 6.07 Å². The second-order valence-corrected chi connectivity index (χ2v) is 6.29. The van der Waals surface area contributed by atoms with Crippen molar-refractivity contribution in [2.24, 2.45) is 0 Å². The van der Waals surface area contributed by atoms with Crippen molar-refractivity contribution in [2.45, 2.75) is 17.4 Å². The number of benzene rings is 1. The molecule has 0 unspecified atom stereocenters. The highest BCUT2D eigenvalue weighted by molar-refractivity contribution is 7.89. The van der Waals surface area contributed by atoms with Crippen LogP contribution in [0.15, 0.2) is 58.4 Å². The van der Waals surface area contributed by atoms with Crippen molar-refractivity contribution in [3.8, 4) is 0 Å². The first-order chi connectivity index (χ1) is 10.0. The van der Waals surface area contributed by atoms with Crippen molar-refractivity contribution in [2.75, 3.05) is 6.61 Å². The van der Waals surface area contributed by atoms with E-state index in [4.69, 9.17) is 0 Å². The van der Waals surface area contributed by atoms with E-state index in [9.17, 15) is 18.3 Å². The molecule has 0 aliphatic heterocycles. The molecular formula is C14H16N2O4S. The van der Waals surface area contributed by atoms with Gasteiger partial charge in [-0.1, -0.05) is 30.3 Å². The van der Waals surface area contributed by atoms with Gasteiger partial charge < -0.3 is 10.1 Å². The molecule has 2 aromatic rings. The lowest BCUT2D eigenvalue weighted by atomic mass is 10.1. The monoisotopic (exact) mass is 308 g/mol. The van der Waals surface area contributed by atoms with E-state index in [1.54, 1.807) is 0 Å². The highest BCUT2D eigenvalue weighted by Gasteiger charge is 2.20. The van der Waals surface area contributed by atoms with E-state index >= 15 is 0 Å². The lowest BCUT2D eigenvalue weighted by molar-refractivity contribution is 0.256. The molecular weight excluding hydrogens is 292 g/mol. The molecule has 21 heavy (non-hydrogen) atoms. The molecule has 0 saturated heterocycles. The molecule has 1 heterocycles. The van der Waals surface area contributed by atoms with Gasteiger partial charge in [0.05, 0.1) is 11.5 Å². The largest absolute Gasteiger partial charge is 0.395 e. The van der Waals surface area contributed by atoms with Crippen LogP contribution in [0, 0.1) is 0 Å². The van der Waals surface area contributed by atoms with Crippen molar-refractivity contribution in [1.82, 2.24) is 9.71 Å². The van der Waals surface area contributed by atoms with Crippen molar-refractivity contribution in [3.63, 3.8) is 0 Å². The molecule has 0 spiro atoms. The molecule has 6 nitrogen and oxygen atoms in total. The minimum absolute atomic E-state index is 0.0476. The van der Waals surface area contributed by atoms with Crippen molar-refractivity contribution in [1.29, 1.82) is 0 Å². The van der Waals surface area contributed by atoms with Crippen LogP contribution in [0.1, 0.15) is 5.56 Å². The van der Waals surface area contributed by atoms with Gasteiger partial charge in [0.15, 0.2) is 0 Å². The molecule has 112 valence electrons. The highest BCUT2D eigenvalue weighted by Crippen LogP contribution is 2.08. The maximum absolute atomic E-state index is 12.2. The summed E-state index contributed by atoms with van der Waals surface area (Å²) in [5.41, 5.74) is 0.540. The van der Waals surface area contributed by atoms with E-state index in [-0.39, 0.29) is 17.1 Å². The first-order valence-electron chi connectivity index (χ1n) is 6.37. The number of sulfonamides is 1. The molecule has 0 fully saturated rings. The summed E-state index contributed by atoms with van der Waals surface area (Å²) in [5, 5.41) is 9.36. The predicted octanol–water partition coefficient (Wildman–Crippen LogP) is 0.257. The fraction of sp³-hybridized carbons (Fsp3) is 0.214. The van der Waals surface area contributed by atoms with Crippen LogP contribution in [-0.4, -0.2) is 31.2 Å². The van der Waals surface area contributed by atoms with Gasteiger partial charge >= 0.3 is 0 Å². The number of hydrogen-bond donors (Lipinski definition) is 3. The van der Waals surface area contributed by atoms with E-state index in [0.717, 1.165) is 17.8 Å². The SMILES string of the molecule is O=c1ccc(S(=O)(=O)N[C@@H](CO)Cc2ccccc2)c[nH]1. The first kappa shape index (κ1) is 15.4. The predicted molar refractivity (Wildman–Crippen MR) is 78.4 cm³/mol. The Morgan fingerprint density at radius 1 is 1.14 bits per heavy atom. The van der Waals surface area contributed by atoms with Crippen LogP contribution in [0.4, 0.5) is 0 Å². The van der Waals surface area contributed by atoms with Gasteiger partial charge in [0.2, 0.25) is 15.6 Å². The average molecular weight is 308 g/mol. The third-order valence-corrected chi connectivity index (χ3v) is 4.45. The number of aromatic nitrogens is 1. The molecule has 2 rings (SSSR count). The minimum atomic E-state index is -3.79. The van der Waals surface area contributed by atoms with Crippen LogP contribution in [0.3, 0.4) is 0 Å². The van der Waals surface area contributed by atoms with Crippen molar-refractivity contribution < 1.29 is 13.5 Å². The molecule has 0 aliphatic rings. The van der Waals surface area contributed by atoms with Crippen LogP contribution in [0.5, 0.6) is 0 Å². The van der Waals surface area contributed by atoms with Crippen molar-refractivity contribution in [3.05, 3.63) is 64.6 Å². The van der Waals surface area contributed by atoms with Gasteiger partial charge in [-0.15, -0.1) is 0 Å². The molecule has 0 aliphatic carbocycles. The number of aromatic amines is 1. The third-order valence-electron chi connectivity index (χ3n) is 2.93. The molecule has 3 N–H and O–H groups in total. The lowest BCUT2D eigenvalue weighted by Gasteiger charge is -2.16. The van der Waals surface area contributed by atoms with Crippen LogP contribution >= 0.6 is 0 Å². The molecule has 1 atom stereocenters. The average Bonchev–Trinajstić information content (AvgIpc) is 2.48. The smallest absolute Gasteiger partial charge is 0.247 e. The second-order valence-electron chi connectivity index (χ2n) is 4.58. The number of nitrogens with one attached hydrogen (secondary N) is 2. The molecule has 0 bridgehead atoms.